The maximum absolute atomic E-state index is 12.5. The standard InChI is InChI=1S/C14H19BrN2O2.ClH/c1-10-8-11(2-3-12(10)15)17-13(18)14(9-16)4-6-19-7-5-14;/h2-3,8H,4-7,9,16H2,1H3,(H,17,18);1H. The van der Waals surface area contributed by atoms with Gasteiger partial charge in [-0.05, 0) is 43.5 Å². The van der Waals surface area contributed by atoms with E-state index >= 15 is 0 Å². The molecule has 0 radical (unpaired) electrons. The minimum absolute atomic E-state index is 0. The Labute approximate surface area is 134 Å². The number of halogens is 2. The Balaban J connectivity index is 0.00000200. The number of hydrogen-bond acceptors (Lipinski definition) is 3. The van der Waals surface area contributed by atoms with Gasteiger partial charge in [0.25, 0.3) is 0 Å². The van der Waals surface area contributed by atoms with Crippen LogP contribution in [0.3, 0.4) is 0 Å². The van der Waals surface area contributed by atoms with Gasteiger partial charge in [-0.15, -0.1) is 12.4 Å². The van der Waals surface area contributed by atoms with Crippen molar-refractivity contribution < 1.29 is 9.53 Å². The van der Waals surface area contributed by atoms with Crippen molar-refractivity contribution in [2.75, 3.05) is 25.1 Å². The third-order valence-corrected chi connectivity index (χ3v) is 4.63. The molecule has 1 aliphatic rings. The second-order valence-corrected chi connectivity index (χ2v) is 5.87. The van der Waals surface area contributed by atoms with Crippen LogP contribution in [0.2, 0.25) is 0 Å². The Morgan fingerprint density at radius 2 is 2.10 bits per heavy atom. The van der Waals surface area contributed by atoms with E-state index in [9.17, 15) is 4.79 Å². The maximum atomic E-state index is 12.5. The number of ether oxygens (including phenoxy) is 1. The topological polar surface area (TPSA) is 64.4 Å². The molecule has 1 amide bonds. The molecule has 2 rings (SSSR count). The molecule has 1 aromatic rings. The van der Waals surface area contributed by atoms with Crippen LogP contribution in [0, 0.1) is 12.3 Å². The van der Waals surface area contributed by atoms with Crippen molar-refractivity contribution in [3.05, 3.63) is 28.2 Å². The van der Waals surface area contributed by atoms with Crippen molar-refractivity contribution in [3.8, 4) is 0 Å². The van der Waals surface area contributed by atoms with E-state index in [2.05, 4.69) is 21.2 Å². The van der Waals surface area contributed by atoms with Gasteiger partial charge < -0.3 is 15.8 Å². The Kier molecular flexibility index (Phi) is 6.45. The number of hydrogen-bond donors (Lipinski definition) is 2. The quantitative estimate of drug-likeness (QED) is 0.868. The molecule has 1 aliphatic heterocycles. The maximum Gasteiger partial charge on any atom is 0.232 e. The molecule has 3 N–H and O–H groups in total. The number of carbonyl (C=O) groups is 1. The largest absolute Gasteiger partial charge is 0.381 e. The van der Waals surface area contributed by atoms with E-state index in [-0.39, 0.29) is 18.3 Å². The molecule has 6 heteroatoms. The fourth-order valence-corrected chi connectivity index (χ4v) is 2.52. The normalized spacial score (nSPS) is 17.1. The molecule has 0 atom stereocenters. The lowest BCUT2D eigenvalue weighted by Gasteiger charge is -2.34. The summed E-state index contributed by atoms with van der Waals surface area (Å²) in [6, 6.07) is 5.77. The van der Waals surface area contributed by atoms with Crippen LogP contribution in [0.1, 0.15) is 18.4 Å². The summed E-state index contributed by atoms with van der Waals surface area (Å²) < 4.78 is 6.35. The van der Waals surface area contributed by atoms with Crippen LogP contribution in [-0.4, -0.2) is 25.7 Å². The van der Waals surface area contributed by atoms with E-state index in [0.717, 1.165) is 15.7 Å². The van der Waals surface area contributed by atoms with Crippen LogP contribution in [0.25, 0.3) is 0 Å². The SMILES string of the molecule is Cc1cc(NC(=O)C2(CN)CCOCC2)ccc1Br.Cl. The average Bonchev–Trinajstić information content (AvgIpc) is 2.43. The fraction of sp³-hybridized carbons (Fsp3) is 0.500. The Hall–Kier alpha value is -0.620. The van der Waals surface area contributed by atoms with Crippen molar-refractivity contribution >= 4 is 39.9 Å². The van der Waals surface area contributed by atoms with Gasteiger partial charge in [-0.3, -0.25) is 4.79 Å². The highest BCUT2D eigenvalue weighted by Crippen LogP contribution is 2.31. The highest BCUT2D eigenvalue weighted by Gasteiger charge is 2.38. The van der Waals surface area contributed by atoms with Crippen molar-refractivity contribution in [2.45, 2.75) is 19.8 Å². The number of aryl methyl sites for hydroxylation is 1. The smallest absolute Gasteiger partial charge is 0.232 e. The molecule has 20 heavy (non-hydrogen) atoms. The first-order valence-corrected chi connectivity index (χ1v) is 7.22. The number of benzene rings is 1. The predicted octanol–water partition coefficient (Wildman–Crippen LogP) is 2.87. The van der Waals surface area contributed by atoms with Gasteiger partial charge in [0.15, 0.2) is 0 Å². The van der Waals surface area contributed by atoms with Crippen LogP contribution in [0.4, 0.5) is 5.69 Å². The number of carbonyl (C=O) groups excluding carboxylic acids is 1. The average molecular weight is 364 g/mol. The molecular weight excluding hydrogens is 344 g/mol. The number of amides is 1. The van der Waals surface area contributed by atoms with Gasteiger partial charge in [-0.25, -0.2) is 0 Å². The molecule has 1 fully saturated rings. The number of anilines is 1. The summed E-state index contributed by atoms with van der Waals surface area (Å²) in [5.74, 6) is 0.0000208. The monoisotopic (exact) mass is 362 g/mol. The van der Waals surface area contributed by atoms with Crippen molar-refractivity contribution in [1.82, 2.24) is 0 Å². The summed E-state index contributed by atoms with van der Waals surface area (Å²) in [5, 5.41) is 2.98. The van der Waals surface area contributed by atoms with Crippen molar-refractivity contribution in [2.24, 2.45) is 11.1 Å². The molecule has 1 aromatic carbocycles. The molecule has 4 nitrogen and oxygen atoms in total. The second kappa shape index (κ2) is 7.41. The summed E-state index contributed by atoms with van der Waals surface area (Å²) in [7, 11) is 0. The molecular formula is C14H20BrClN2O2. The van der Waals surface area contributed by atoms with E-state index in [1.165, 1.54) is 0 Å². The zero-order valence-corrected chi connectivity index (χ0v) is 13.9. The highest BCUT2D eigenvalue weighted by molar-refractivity contribution is 9.10. The number of nitrogens with two attached hydrogens (primary N) is 1. The Bertz CT molecular complexity index is 476. The zero-order valence-electron chi connectivity index (χ0n) is 11.4. The van der Waals surface area contributed by atoms with Crippen LogP contribution in [0.15, 0.2) is 22.7 Å². The fourth-order valence-electron chi connectivity index (χ4n) is 2.27. The van der Waals surface area contributed by atoms with Gasteiger partial charge in [0.05, 0.1) is 5.41 Å². The molecule has 0 bridgehead atoms. The van der Waals surface area contributed by atoms with Gasteiger partial charge >= 0.3 is 0 Å². The highest BCUT2D eigenvalue weighted by atomic mass is 79.9. The van der Waals surface area contributed by atoms with Gasteiger partial charge in [0.2, 0.25) is 5.91 Å². The first-order valence-electron chi connectivity index (χ1n) is 6.43. The van der Waals surface area contributed by atoms with Crippen LogP contribution < -0.4 is 11.1 Å². The zero-order chi connectivity index (χ0) is 13.9. The van der Waals surface area contributed by atoms with Gasteiger partial charge in [0, 0.05) is 29.9 Å². The molecule has 0 spiro atoms. The molecule has 0 aliphatic carbocycles. The van der Waals surface area contributed by atoms with Crippen molar-refractivity contribution in [3.63, 3.8) is 0 Å². The third-order valence-electron chi connectivity index (χ3n) is 3.74. The van der Waals surface area contributed by atoms with Gasteiger partial charge in [-0.1, -0.05) is 15.9 Å². The minimum Gasteiger partial charge on any atom is -0.381 e. The van der Waals surface area contributed by atoms with E-state index in [0.29, 0.717) is 32.6 Å². The minimum atomic E-state index is -0.487. The lowest BCUT2D eigenvalue weighted by molar-refractivity contribution is -0.130. The lowest BCUT2D eigenvalue weighted by atomic mass is 9.79. The summed E-state index contributed by atoms with van der Waals surface area (Å²) in [5.41, 5.74) is 7.24. The van der Waals surface area contributed by atoms with E-state index in [1.54, 1.807) is 0 Å². The molecule has 112 valence electrons. The molecule has 1 saturated heterocycles. The van der Waals surface area contributed by atoms with Gasteiger partial charge in [-0.2, -0.15) is 0 Å². The predicted molar refractivity (Wildman–Crippen MR) is 86.3 cm³/mol. The lowest BCUT2D eigenvalue weighted by Crippen LogP contribution is -2.46. The summed E-state index contributed by atoms with van der Waals surface area (Å²) in [4.78, 5) is 12.5. The van der Waals surface area contributed by atoms with Crippen LogP contribution in [-0.2, 0) is 9.53 Å². The summed E-state index contributed by atoms with van der Waals surface area (Å²) in [6.45, 7) is 3.55. The van der Waals surface area contributed by atoms with E-state index in [4.69, 9.17) is 10.5 Å². The summed E-state index contributed by atoms with van der Waals surface area (Å²) in [6.07, 6.45) is 1.37. The first kappa shape index (κ1) is 17.4. The molecule has 0 saturated carbocycles. The Morgan fingerprint density at radius 3 is 2.65 bits per heavy atom. The van der Waals surface area contributed by atoms with E-state index < -0.39 is 5.41 Å². The van der Waals surface area contributed by atoms with E-state index in [1.807, 2.05) is 25.1 Å². The van der Waals surface area contributed by atoms with Crippen LogP contribution >= 0.6 is 28.3 Å². The number of rotatable bonds is 3. The first-order chi connectivity index (χ1) is 9.07. The third kappa shape index (κ3) is 3.73. The van der Waals surface area contributed by atoms with Crippen molar-refractivity contribution in [1.29, 1.82) is 0 Å². The number of nitrogens with one attached hydrogen (secondary N) is 1. The Morgan fingerprint density at radius 1 is 1.45 bits per heavy atom. The molecule has 0 unspecified atom stereocenters. The van der Waals surface area contributed by atoms with Gasteiger partial charge in [0.1, 0.15) is 0 Å². The summed E-state index contributed by atoms with van der Waals surface area (Å²) >= 11 is 3.45. The molecule has 0 aromatic heterocycles. The molecule has 1 heterocycles. The van der Waals surface area contributed by atoms with Crippen LogP contribution in [0.5, 0.6) is 0 Å². The second-order valence-electron chi connectivity index (χ2n) is 5.01.